The monoisotopic (exact) mass is 317 g/mol. The maximum absolute atomic E-state index is 12.3. The maximum Gasteiger partial charge on any atom is 0.254 e. The Kier molecular flexibility index (Phi) is 3.88. The van der Waals surface area contributed by atoms with Crippen molar-refractivity contribution in [2.45, 2.75) is 24.4 Å². The summed E-state index contributed by atoms with van der Waals surface area (Å²) in [5, 5.41) is 13.0. The Balaban J connectivity index is 1.74. The molecule has 4 atom stereocenters. The Labute approximate surface area is 125 Å². The highest BCUT2D eigenvalue weighted by atomic mass is 35.5. The lowest BCUT2D eigenvalue weighted by atomic mass is 10.1. The van der Waals surface area contributed by atoms with E-state index in [0.29, 0.717) is 6.61 Å². The Morgan fingerprint density at radius 2 is 1.85 bits per heavy atom. The number of amides is 1. The van der Waals surface area contributed by atoms with Crippen molar-refractivity contribution < 1.29 is 19.4 Å². The number of hydrogen-bond acceptors (Lipinski definition) is 4. The minimum atomic E-state index is -0.647. The molecule has 0 bridgehead atoms. The van der Waals surface area contributed by atoms with Gasteiger partial charge in [-0.15, -0.1) is 0 Å². The Hall–Kier alpha value is -0.850. The summed E-state index contributed by atoms with van der Waals surface area (Å²) in [6.45, 7) is 0.509. The zero-order chi connectivity index (χ0) is 14.3. The molecule has 1 amide bonds. The fourth-order valence-electron chi connectivity index (χ4n) is 2.56. The van der Waals surface area contributed by atoms with E-state index >= 15 is 0 Å². The average Bonchev–Trinajstić information content (AvgIpc) is 2.94. The van der Waals surface area contributed by atoms with E-state index in [9.17, 15) is 9.90 Å². The zero-order valence-electron chi connectivity index (χ0n) is 10.4. The highest BCUT2D eigenvalue weighted by molar-refractivity contribution is 6.39. The normalized spacial score (nSPS) is 32.1. The molecule has 0 aliphatic carbocycles. The number of ether oxygens (including phenoxy) is 2. The molecule has 2 saturated heterocycles. The summed E-state index contributed by atoms with van der Waals surface area (Å²) < 4.78 is 10.9. The third-order valence-electron chi connectivity index (χ3n) is 3.53. The number of aliphatic hydroxyl groups excluding tert-OH is 1. The van der Waals surface area contributed by atoms with Crippen LogP contribution in [0.1, 0.15) is 10.4 Å². The summed E-state index contributed by atoms with van der Waals surface area (Å²) in [5.41, 5.74) is 0.234. The molecule has 2 heterocycles. The maximum atomic E-state index is 12.3. The topological polar surface area (TPSA) is 67.8 Å². The number of hydrogen-bond donors (Lipinski definition) is 2. The minimum absolute atomic E-state index is 0.217. The number of benzene rings is 1. The van der Waals surface area contributed by atoms with Crippen molar-refractivity contribution in [1.29, 1.82) is 0 Å². The van der Waals surface area contributed by atoms with Gasteiger partial charge in [-0.25, -0.2) is 0 Å². The van der Waals surface area contributed by atoms with Crippen molar-refractivity contribution in [3.05, 3.63) is 33.8 Å². The van der Waals surface area contributed by atoms with Crippen LogP contribution >= 0.6 is 23.2 Å². The summed E-state index contributed by atoms with van der Waals surface area (Å²) >= 11 is 12.0. The largest absolute Gasteiger partial charge is 0.388 e. The lowest BCUT2D eigenvalue weighted by molar-refractivity contribution is 0.0178. The number of aliphatic hydroxyl groups is 1. The van der Waals surface area contributed by atoms with Crippen LogP contribution < -0.4 is 5.32 Å². The first-order chi connectivity index (χ1) is 9.58. The fraction of sp³-hybridized carbons (Fsp3) is 0.462. The van der Waals surface area contributed by atoms with Crippen LogP contribution in [-0.2, 0) is 9.47 Å². The van der Waals surface area contributed by atoms with Gasteiger partial charge < -0.3 is 19.9 Å². The summed E-state index contributed by atoms with van der Waals surface area (Å²) in [7, 11) is 0. The first-order valence-corrected chi connectivity index (χ1v) is 6.99. The number of nitrogens with one attached hydrogen (secondary N) is 1. The van der Waals surface area contributed by atoms with E-state index in [4.69, 9.17) is 32.7 Å². The number of halogens is 2. The van der Waals surface area contributed by atoms with Crippen LogP contribution in [0.5, 0.6) is 0 Å². The molecule has 0 radical (unpaired) electrons. The minimum Gasteiger partial charge on any atom is -0.388 e. The molecule has 2 N–H and O–H groups in total. The summed E-state index contributed by atoms with van der Waals surface area (Å²) in [5.74, 6) is -0.375. The smallest absolute Gasteiger partial charge is 0.254 e. The molecule has 0 spiro atoms. The summed E-state index contributed by atoms with van der Waals surface area (Å²) in [6, 6.07) is 4.56. The molecular weight excluding hydrogens is 305 g/mol. The lowest BCUT2D eigenvalue weighted by Gasteiger charge is -2.18. The molecule has 7 heteroatoms. The van der Waals surface area contributed by atoms with Gasteiger partial charge in [0.1, 0.15) is 18.3 Å². The molecule has 2 aliphatic rings. The Morgan fingerprint density at radius 3 is 2.55 bits per heavy atom. The fourth-order valence-corrected chi connectivity index (χ4v) is 3.13. The van der Waals surface area contributed by atoms with Crippen molar-refractivity contribution in [2.24, 2.45) is 0 Å². The molecule has 1 aromatic rings. The number of carbonyl (C=O) groups excluding carboxylic acids is 1. The van der Waals surface area contributed by atoms with Gasteiger partial charge >= 0.3 is 0 Å². The molecule has 5 nitrogen and oxygen atoms in total. The van der Waals surface area contributed by atoms with Gasteiger partial charge in [-0.2, -0.15) is 0 Å². The predicted molar refractivity (Wildman–Crippen MR) is 73.2 cm³/mol. The van der Waals surface area contributed by atoms with Crippen LogP contribution in [0.2, 0.25) is 10.0 Å². The number of fused-ring (bicyclic) bond motifs is 1. The van der Waals surface area contributed by atoms with E-state index in [1.807, 2.05) is 0 Å². The third kappa shape index (κ3) is 2.40. The van der Waals surface area contributed by atoms with Gasteiger partial charge in [0, 0.05) is 0 Å². The second-order valence-electron chi connectivity index (χ2n) is 4.84. The highest BCUT2D eigenvalue weighted by Gasteiger charge is 2.47. The molecule has 2 fully saturated rings. The quantitative estimate of drug-likeness (QED) is 0.861. The Morgan fingerprint density at radius 1 is 1.20 bits per heavy atom. The molecule has 20 heavy (non-hydrogen) atoms. The van der Waals surface area contributed by atoms with Crippen molar-refractivity contribution in [3.8, 4) is 0 Å². The van der Waals surface area contributed by atoms with Crippen LogP contribution in [0, 0.1) is 0 Å². The van der Waals surface area contributed by atoms with Crippen LogP contribution in [0.25, 0.3) is 0 Å². The van der Waals surface area contributed by atoms with Crippen molar-refractivity contribution in [1.82, 2.24) is 5.32 Å². The molecule has 2 aliphatic heterocycles. The third-order valence-corrected chi connectivity index (χ3v) is 4.16. The molecule has 0 aromatic heterocycles. The molecular formula is C13H13Cl2NO4. The average molecular weight is 318 g/mol. The van der Waals surface area contributed by atoms with E-state index in [2.05, 4.69) is 5.32 Å². The van der Waals surface area contributed by atoms with Crippen molar-refractivity contribution in [3.63, 3.8) is 0 Å². The SMILES string of the molecule is O=C(N[C@H]1CO[C@H]2[C@@H]1OC[C@H]2O)c1c(Cl)cccc1Cl. The first kappa shape index (κ1) is 14.1. The van der Waals surface area contributed by atoms with Crippen LogP contribution in [0.3, 0.4) is 0 Å². The number of carbonyl (C=O) groups is 1. The van der Waals surface area contributed by atoms with Gasteiger partial charge in [-0.3, -0.25) is 4.79 Å². The standard InChI is InChI=1S/C13H13Cl2NO4/c14-6-2-1-3-7(15)10(6)13(18)16-8-4-19-12-9(17)5-20-11(8)12/h1-3,8-9,11-12,17H,4-5H2,(H,16,18)/t8-,9+,11+,12+/m0/s1. The van der Waals surface area contributed by atoms with Crippen LogP contribution in [-0.4, -0.2) is 48.6 Å². The first-order valence-electron chi connectivity index (χ1n) is 6.24. The summed E-state index contributed by atoms with van der Waals surface area (Å²) in [4.78, 5) is 12.3. The highest BCUT2D eigenvalue weighted by Crippen LogP contribution is 2.28. The van der Waals surface area contributed by atoms with Gasteiger partial charge in [-0.05, 0) is 12.1 Å². The molecule has 3 rings (SSSR count). The molecule has 1 aromatic carbocycles. The zero-order valence-corrected chi connectivity index (χ0v) is 11.9. The molecule has 108 valence electrons. The van der Waals surface area contributed by atoms with Crippen molar-refractivity contribution in [2.75, 3.05) is 13.2 Å². The van der Waals surface area contributed by atoms with Gasteiger partial charge in [0.2, 0.25) is 0 Å². The lowest BCUT2D eigenvalue weighted by Crippen LogP contribution is -2.44. The number of rotatable bonds is 2. The van der Waals surface area contributed by atoms with E-state index in [1.54, 1.807) is 18.2 Å². The van der Waals surface area contributed by atoms with E-state index in [1.165, 1.54) is 0 Å². The molecule has 0 unspecified atom stereocenters. The Bertz CT molecular complexity index is 519. The predicted octanol–water partition coefficient (Wildman–Crippen LogP) is 1.25. The van der Waals surface area contributed by atoms with E-state index in [-0.39, 0.29) is 46.4 Å². The summed E-state index contributed by atoms with van der Waals surface area (Å²) in [6.07, 6.45) is -1.37. The van der Waals surface area contributed by atoms with Crippen LogP contribution in [0.15, 0.2) is 18.2 Å². The second kappa shape index (κ2) is 5.50. The van der Waals surface area contributed by atoms with Gasteiger partial charge in [0.15, 0.2) is 0 Å². The van der Waals surface area contributed by atoms with Crippen molar-refractivity contribution >= 4 is 29.1 Å². The van der Waals surface area contributed by atoms with E-state index < -0.39 is 6.10 Å². The van der Waals surface area contributed by atoms with Crippen LogP contribution in [0.4, 0.5) is 0 Å². The van der Waals surface area contributed by atoms with Gasteiger partial charge in [0.25, 0.3) is 5.91 Å². The van der Waals surface area contributed by atoms with E-state index in [0.717, 1.165) is 0 Å². The second-order valence-corrected chi connectivity index (χ2v) is 5.65. The van der Waals surface area contributed by atoms with Gasteiger partial charge in [0.05, 0.1) is 34.9 Å². The van der Waals surface area contributed by atoms with Gasteiger partial charge in [-0.1, -0.05) is 29.3 Å². The molecule has 0 saturated carbocycles.